The highest BCUT2D eigenvalue weighted by Gasteiger charge is 2.46. The number of hydrogen-bond donors (Lipinski definition) is 0. The summed E-state index contributed by atoms with van der Waals surface area (Å²) >= 11 is 0. The third kappa shape index (κ3) is 2.08. The maximum Gasteiger partial charge on any atom is 0.342 e. The van der Waals surface area contributed by atoms with E-state index in [0.717, 1.165) is 29.2 Å². The molecule has 4 heteroatoms. The van der Waals surface area contributed by atoms with Gasteiger partial charge in [0.1, 0.15) is 5.92 Å². The fourth-order valence-electron chi connectivity index (χ4n) is 5.78. The van der Waals surface area contributed by atoms with Crippen LogP contribution < -0.4 is 0 Å². The van der Waals surface area contributed by atoms with Crippen molar-refractivity contribution in [1.29, 1.82) is 0 Å². The third-order valence-corrected chi connectivity index (χ3v) is 8.67. The fourth-order valence-corrected chi connectivity index (χ4v) is 8.11. The van der Waals surface area contributed by atoms with Crippen LogP contribution in [0.2, 0.25) is 0 Å². The summed E-state index contributed by atoms with van der Waals surface area (Å²) in [6.07, 6.45) is 10.8. The number of hydrogen-bond acceptors (Lipinski definition) is 3. The Balaban J connectivity index is 1.51. The average Bonchev–Trinajstić information content (AvgIpc) is 3.10. The Morgan fingerprint density at radius 1 is 1.08 bits per heavy atom. The van der Waals surface area contributed by atoms with Crippen LogP contribution in [0.25, 0.3) is 0 Å². The Bertz CT molecular complexity index is 738. The van der Waals surface area contributed by atoms with Crippen molar-refractivity contribution in [3.63, 3.8) is 0 Å². The van der Waals surface area contributed by atoms with Crippen LogP contribution in [0.15, 0.2) is 34.1 Å². The summed E-state index contributed by atoms with van der Waals surface area (Å²) < 4.78 is 4.84. The van der Waals surface area contributed by atoms with Crippen LogP contribution in [0.5, 0.6) is 0 Å². The lowest BCUT2D eigenvalue weighted by molar-refractivity contribution is -0.152. The molecule has 6 aliphatic rings. The lowest BCUT2D eigenvalue weighted by atomic mass is 9.56. The van der Waals surface area contributed by atoms with E-state index in [9.17, 15) is 9.59 Å². The minimum absolute atomic E-state index is 0.0417. The second kappa shape index (κ2) is 5.29. The standard InChI is InChI=1S/C20H22O3S/c1-2-16-17(20(22)23-19(16)21)13-3-4-24(10-13)18-14-6-11-5-12(8-14)9-15(18)7-11/h2-4,10-12,14-15,17H,5-9H2,1H3. The van der Waals surface area contributed by atoms with E-state index in [1.54, 1.807) is 17.9 Å². The molecule has 5 fully saturated rings. The van der Waals surface area contributed by atoms with Gasteiger partial charge < -0.3 is 4.74 Å². The summed E-state index contributed by atoms with van der Waals surface area (Å²) in [6, 6.07) is 0. The molecule has 0 radical (unpaired) electrons. The zero-order valence-corrected chi connectivity index (χ0v) is 14.7. The molecule has 4 aliphatic carbocycles. The molecular formula is C20H22O3S. The lowest BCUT2D eigenvalue weighted by Gasteiger charge is -2.51. The van der Waals surface area contributed by atoms with E-state index < -0.39 is 17.9 Å². The van der Waals surface area contributed by atoms with Gasteiger partial charge >= 0.3 is 11.9 Å². The summed E-state index contributed by atoms with van der Waals surface area (Å²) in [6.45, 7) is 1.80. The molecule has 3 nitrogen and oxygen atoms in total. The highest BCUT2D eigenvalue weighted by molar-refractivity contribution is 8.21. The second-order valence-electron chi connectivity index (χ2n) is 7.88. The van der Waals surface area contributed by atoms with E-state index in [1.165, 1.54) is 32.1 Å². The number of cyclic esters (lactones) is 2. The molecule has 0 aromatic carbocycles. The number of ether oxygens (including phenoxy) is 1. The Morgan fingerprint density at radius 3 is 2.38 bits per heavy atom. The molecular weight excluding hydrogens is 320 g/mol. The van der Waals surface area contributed by atoms with E-state index in [-0.39, 0.29) is 10.5 Å². The first kappa shape index (κ1) is 14.9. The average molecular weight is 342 g/mol. The van der Waals surface area contributed by atoms with Gasteiger partial charge in [-0.3, -0.25) is 4.79 Å². The van der Waals surface area contributed by atoms with E-state index in [4.69, 9.17) is 4.74 Å². The quantitative estimate of drug-likeness (QED) is 0.314. The number of rotatable bonds is 1. The number of carbonyl (C=O) groups excluding carboxylic acids is 2. The lowest BCUT2D eigenvalue weighted by Crippen LogP contribution is -2.45. The van der Waals surface area contributed by atoms with Gasteiger partial charge in [0.25, 0.3) is 0 Å². The smallest absolute Gasteiger partial charge is 0.342 e. The Morgan fingerprint density at radius 2 is 1.75 bits per heavy atom. The SMILES string of the molecule is CC=C1C(=O)OC(=O)C1C1=CS(=C2C3CC4CC(C3)CC2C4)C=C1. The highest BCUT2D eigenvalue weighted by atomic mass is 32.2. The molecule has 2 unspecified atom stereocenters. The van der Waals surface area contributed by atoms with Crippen molar-refractivity contribution in [2.45, 2.75) is 39.0 Å². The zero-order valence-electron chi connectivity index (χ0n) is 13.9. The van der Waals surface area contributed by atoms with Gasteiger partial charge in [0.15, 0.2) is 0 Å². The number of carbonyl (C=O) groups is 2. The van der Waals surface area contributed by atoms with Crippen molar-refractivity contribution in [1.82, 2.24) is 0 Å². The summed E-state index contributed by atoms with van der Waals surface area (Å²) in [7, 11) is 0.0417. The molecule has 6 rings (SSSR count). The molecule has 0 aromatic rings. The van der Waals surface area contributed by atoms with Gasteiger partial charge in [0.05, 0.1) is 5.57 Å². The molecule has 1 saturated heterocycles. The first-order valence-corrected chi connectivity index (χ1v) is 10.4. The van der Waals surface area contributed by atoms with Crippen LogP contribution in [-0.4, -0.2) is 16.8 Å². The Hall–Kier alpha value is -1.42. The molecule has 0 spiro atoms. The maximum atomic E-state index is 12.1. The molecule has 2 atom stereocenters. The van der Waals surface area contributed by atoms with Gasteiger partial charge in [-0.25, -0.2) is 4.79 Å². The molecule has 0 aromatic heterocycles. The predicted molar refractivity (Wildman–Crippen MR) is 95.2 cm³/mol. The van der Waals surface area contributed by atoms with Crippen molar-refractivity contribution >= 4 is 27.3 Å². The highest BCUT2D eigenvalue weighted by Crippen LogP contribution is 2.55. The number of esters is 2. The molecule has 0 amide bonds. The molecule has 4 saturated carbocycles. The predicted octanol–water partition coefficient (Wildman–Crippen LogP) is 3.94. The van der Waals surface area contributed by atoms with Crippen molar-refractivity contribution in [2.24, 2.45) is 29.6 Å². The topological polar surface area (TPSA) is 43.4 Å². The summed E-state index contributed by atoms with van der Waals surface area (Å²) in [4.78, 5) is 25.7. The molecule has 24 heavy (non-hydrogen) atoms. The summed E-state index contributed by atoms with van der Waals surface area (Å²) in [5, 5.41) is 4.53. The largest absolute Gasteiger partial charge is 0.389 e. The fraction of sp³-hybridized carbons (Fsp3) is 0.550. The first-order valence-electron chi connectivity index (χ1n) is 9.04. The number of allylic oxidation sites excluding steroid dienone is 2. The van der Waals surface area contributed by atoms with E-state index in [1.807, 2.05) is 0 Å². The molecule has 4 bridgehead atoms. The van der Waals surface area contributed by atoms with Crippen LogP contribution in [0.4, 0.5) is 0 Å². The Kier molecular flexibility index (Phi) is 3.28. The van der Waals surface area contributed by atoms with Crippen LogP contribution in [-0.2, 0) is 14.3 Å². The maximum absolute atomic E-state index is 12.1. The molecule has 126 valence electrons. The van der Waals surface area contributed by atoms with Crippen LogP contribution >= 0.6 is 10.5 Å². The normalized spacial score (nSPS) is 44.6. The van der Waals surface area contributed by atoms with E-state index in [2.05, 4.69) is 16.9 Å². The second-order valence-corrected chi connectivity index (χ2v) is 9.61. The van der Waals surface area contributed by atoms with E-state index >= 15 is 0 Å². The molecule has 2 heterocycles. The van der Waals surface area contributed by atoms with Gasteiger partial charge in [0, 0.05) is 0 Å². The van der Waals surface area contributed by atoms with Crippen LogP contribution in [0, 0.1) is 29.6 Å². The monoisotopic (exact) mass is 342 g/mol. The van der Waals surface area contributed by atoms with Gasteiger partial charge in [-0.15, -0.1) is 10.5 Å². The Labute approximate surface area is 144 Å². The minimum atomic E-state index is -0.506. The minimum Gasteiger partial charge on any atom is -0.389 e. The molecule has 2 aliphatic heterocycles. The molecule has 0 N–H and O–H groups in total. The van der Waals surface area contributed by atoms with Gasteiger partial charge in [-0.1, -0.05) is 12.2 Å². The van der Waals surface area contributed by atoms with E-state index in [0.29, 0.717) is 5.57 Å². The van der Waals surface area contributed by atoms with Crippen molar-refractivity contribution in [3.05, 3.63) is 34.1 Å². The summed E-state index contributed by atoms with van der Waals surface area (Å²) in [5.41, 5.74) is 1.46. The zero-order chi connectivity index (χ0) is 16.4. The van der Waals surface area contributed by atoms with Gasteiger partial charge in [-0.05, 0) is 84.0 Å². The van der Waals surface area contributed by atoms with Crippen LogP contribution in [0.3, 0.4) is 0 Å². The van der Waals surface area contributed by atoms with Gasteiger partial charge in [-0.2, -0.15) is 0 Å². The van der Waals surface area contributed by atoms with Crippen LogP contribution in [0.1, 0.15) is 39.0 Å². The summed E-state index contributed by atoms with van der Waals surface area (Å²) in [5.74, 6) is 2.12. The van der Waals surface area contributed by atoms with Crippen molar-refractivity contribution in [2.75, 3.05) is 0 Å². The van der Waals surface area contributed by atoms with Gasteiger partial charge in [0.2, 0.25) is 0 Å². The van der Waals surface area contributed by atoms with Crippen molar-refractivity contribution in [3.8, 4) is 0 Å². The first-order chi connectivity index (χ1) is 11.6. The van der Waals surface area contributed by atoms with Crippen molar-refractivity contribution < 1.29 is 14.3 Å². The third-order valence-electron chi connectivity index (χ3n) is 6.51.